The van der Waals surface area contributed by atoms with Crippen molar-refractivity contribution in [1.82, 2.24) is 19.9 Å². The molecular weight excluding hydrogens is 405 g/mol. The number of rotatable bonds is 6. The molecule has 8 heteroatoms. The highest BCUT2D eigenvalue weighted by Gasteiger charge is 2.38. The Balaban J connectivity index is 1.35. The minimum absolute atomic E-state index is 0.0431. The van der Waals surface area contributed by atoms with E-state index in [9.17, 15) is 13.2 Å². The van der Waals surface area contributed by atoms with Crippen LogP contribution < -0.4 is 5.32 Å². The first-order valence-electron chi connectivity index (χ1n) is 10.8. The van der Waals surface area contributed by atoms with E-state index in [0.29, 0.717) is 24.8 Å². The van der Waals surface area contributed by atoms with Crippen molar-refractivity contribution in [3.8, 4) is 0 Å². The summed E-state index contributed by atoms with van der Waals surface area (Å²) in [5.41, 5.74) is 0.506. The second kappa shape index (κ2) is 8.24. The average molecular weight is 430 g/mol. The third-order valence-corrected chi connectivity index (χ3v) is 6.22. The molecule has 0 spiro atoms. The predicted octanol–water partition coefficient (Wildman–Crippen LogP) is 4.71. The SMILES string of the molecule is FC(F)(F)c1c(CNC2CCOC(c3ccccc3)C2)ccn2c(CC3CC3)nnc12. The van der Waals surface area contributed by atoms with Crippen LogP contribution in [0.4, 0.5) is 13.2 Å². The Morgan fingerprint density at radius 3 is 2.61 bits per heavy atom. The summed E-state index contributed by atoms with van der Waals surface area (Å²) in [6.45, 7) is 0.708. The van der Waals surface area contributed by atoms with Crippen molar-refractivity contribution in [1.29, 1.82) is 0 Å². The van der Waals surface area contributed by atoms with Crippen LogP contribution >= 0.6 is 0 Å². The van der Waals surface area contributed by atoms with Gasteiger partial charge >= 0.3 is 6.18 Å². The first kappa shape index (κ1) is 20.5. The van der Waals surface area contributed by atoms with Gasteiger partial charge in [-0.05, 0) is 48.8 Å². The summed E-state index contributed by atoms with van der Waals surface area (Å²) >= 11 is 0. The van der Waals surface area contributed by atoms with Crippen LogP contribution in [0.5, 0.6) is 0 Å². The summed E-state index contributed by atoms with van der Waals surface area (Å²) in [4.78, 5) is 0. The number of ether oxygens (including phenoxy) is 1. The Labute approximate surface area is 178 Å². The van der Waals surface area contributed by atoms with Crippen LogP contribution in [0.2, 0.25) is 0 Å². The van der Waals surface area contributed by atoms with Crippen molar-refractivity contribution < 1.29 is 17.9 Å². The second-order valence-corrected chi connectivity index (χ2v) is 8.54. The number of hydrogen-bond donors (Lipinski definition) is 1. The van der Waals surface area contributed by atoms with Gasteiger partial charge in [0, 0.05) is 31.8 Å². The molecule has 1 N–H and O–H groups in total. The van der Waals surface area contributed by atoms with E-state index in [0.717, 1.165) is 31.2 Å². The number of fused-ring (bicyclic) bond motifs is 1. The minimum atomic E-state index is -4.49. The van der Waals surface area contributed by atoms with E-state index in [2.05, 4.69) is 15.5 Å². The first-order valence-corrected chi connectivity index (χ1v) is 10.8. The number of hydrogen-bond acceptors (Lipinski definition) is 4. The number of benzene rings is 1. The van der Waals surface area contributed by atoms with Crippen LogP contribution in [-0.2, 0) is 23.9 Å². The molecule has 164 valence electrons. The monoisotopic (exact) mass is 430 g/mol. The topological polar surface area (TPSA) is 51.5 Å². The van der Waals surface area contributed by atoms with Crippen molar-refractivity contribution in [3.05, 3.63) is 65.1 Å². The van der Waals surface area contributed by atoms with Gasteiger partial charge in [-0.2, -0.15) is 13.2 Å². The molecule has 1 saturated carbocycles. The summed E-state index contributed by atoms with van der Waals surface area (Å²) in [5, 5.41) is 11.3. The van der Waals surface area contributed by atoms with Crippen molar-refractivity contribution in [3.63, 3.8) is 0 Å². The van der Waals surface area contributed by atoms with E-state index in [-0.39, 0.29) is 29.9 Å². The maximum Gasteiger partial charge on any atom is 0.420 e. The Kier molecular flexibility index (Phi) is 5.44. The Morgan fingerprint density at radius 2 is 1.87 bits per heavy atom. The lowest BCUT2D eigenvalue weighted by atomic mass is 9.97. The van der Waals surface area contributed by atoms with Gasteiger partial charge < -0.3 is 10.1 Å². The summed E-state index contributed by atoms with van der Waals surface area (Å²) < 4.78 is 49.3. The summed E-state index contributed by atoms with van der Waals surface area (Å²) in [7, 11) is 0. The normalized spacial score (nSPS) is 22.2. The highest BCUT2D eigenvalue weighted by atomic mass is 19.4. The quantitative estimate of drug-likeness (QED) is 0.615. The molecule has 1 saturated heterocycles. The fourth-order valence-electron chi connectivity index (χ4n) is 4.35. The molecule has 1 aromatic carbocycles. The molecule has 0 bridgehead atoms. The zero-order valence-electron chi connectivity index (χ0n) is 17.1. The Bertz CT molecular complexity index is 1050. The molecular formula is C23H25F3N4O. The van der Waals surface area contributed by atoms with Gasteiger partial charge in [0.05, 0.1) is 6.10 Å². The first-order chi connectivity index (χ1) is 15.0. The zero-order valence-corrected chi connectivity index (χ0v) is 17.1. The highest BCUT2D eigenvalue weighted by molar-refractivity contribution is 5.53. The van der Waals surface area contributed by atoms with Crippen molar-refractivity contribution >= 4 is 5.65 Å². The van der Waals surface area contributed by atoms with E-state index in [1.807, 2.05) is 30.3 Å². The second-order valence-electron chi connectivity index (χ2n) is 8.54. The van der Waals surface area contributed by atoms with Crippen LogP contribution in [0.1, 0.15) is 54.3 Å². The predicted molar refractivity (Wildman–Crippen MR) is 109 cm³/mol. The van der Waals surface area contributed by atoms with Gasteiger partial charge in [0.15, 0.2) is 5.65 Å². The molecule has 0 amide bonds. The summed E-state index contributed by atoms with van der Waals surface area (Å²) in [6.07, 6.45) is 1.53. The molecule has 3 aromatic rings. The number of halogens is 3. The maximum atomic E-state index is 14.0. The van der Waals surface area contributed by atoms with Gasteiger partial charge in [0.1, 0.15) is 11.4 Å². The molecule has 2 aromatic heterocycles. The van der Waals surface area contributed by atoms with Crippen molar-refractivity contribution in [2.75, 3.05) is 6.61 Å². The van der Waals surface area contributed by atoms with E-state index >= 15 is 0 Å². The van der Waals surface area contributed by atoms with Gasteiger partial charge in [0.2, 0.25) is 0 Å². The lowest BCUT2D eigenvalue weighted by Gasteiger charge is -2.31. The third-order valence-electron chi connectivity index (χ3n) is 6.22. The fraction of sp³-hybridized carbons (Fsp3) is 0.478. The van der Waals surface area contributed by atoms with Crippen LogP contribution in [-0.4, -0.2) is 27.2 Å². The molecule has 31 heavy (non-hydrogen) atoms. The molecule has 3 heterocycles. The summed E-state index contributed by atoms with van der Waals surface area (Å²) in [6, 6.07) is 11.6. The van der Waals surface area contributed by atoms with E-state index in [1.165, 1.54) is 4.40 Å². The van der Waals surface area contributed by atoms with Gasteiger partial charge in [-0.3, -0.25) is 4.40 Å². The molecule has 5 rings (SSSR count). The van der Waals surface area contributed by atoms with Crippen molar-refractivity contribution in [2.45, 2.75) is 57.0 Å². The molecule has 2 aliphatic rings. The lowest BCUT2D eigenvalue weighted by molar-refractivity contribution is -0.137. The molecule has 1 aliphatic heterocycles. The number of nitrogens with zero attached hydrogens (tertiary/aromatic N) is 3. The van der Waals surface area contributed by atoms with Gasteiger partial charge in [-0.25, -0.2) is 0 Å². The zero-order chi connectivity index (χ0) is 21.4. The fourth-order valence-corrected chi connectivity index (χ4v) is 4.35. The highest BCUT2D eigenvalue weighted by Crippen LogP contribution is 2.37. The van der Waals surface area contributed by atoms with Gasteiger partial charge in [-0.15, -0.1) is 10.2 Å². The number of alkyl halides is 3. The molecule has 5 nitrogen and oxygen atoms in total. The smallest absolute Gasteiger partial charge is 0.373 e. The van der Waals surface area contributed by atoms with E-state index in [1.54, 1.807) is 12.3 Å². The maximum absolute atomic E-state index is 14.0. The summed E-state index contributed by atoms with van der Waals surface area (Å²) in [5.74, 6) is 1.13. The van der Waals surface area contributed by atoms with Gasteiger partial charge in [0.25, 0.3) is 0 Å². The van der Waals surface area contributed by atoms with Crippen LogP contribution in [0.15, 0.2) is 42.6 Å². The largest absolute Gasteiger partial charge is 0.420 e. The molecule has 0 radical (unpaired) electrons. The standard InChI is InChI=1S/C23H25F3N4O/c24-23(25,26)21-17(8-10-30-20(12-15-6-7-15)28-29-22(21)30)14-27-18-9-11-31-19(13-18)16-4-2-1-3-5-16/h1-5,8,10,15,18-19,27H,6-7,9,11-14H2. The van der Waals surface area contributed by atoms with Crippen LogP contribution in [0.3, 0.4) is 0 Å². The number of nitrogens with one attached hydrogen (secondary N) is 1. The molecule has 2 atom stereocenters. The number of pyridine rings is 1. The number of aromatic nitrogens is 3. The average Bonchev–Trinajstić information content (AvgIpc) is 3.50. The molecule has 1 aliphatic carbocycles. The van der Waals surface area contributed by atoms with Crippen LogP contribution in [0, 0.1) is 5.92 Å². The minimum Gasteiger partial charge on any atom is -0.373 e. The van der Waals surface area contributed by atoms with Crippen LogP contribution in [0.25, 0.3) is 5.65 Å². The Morgan fingerprint density at radius 1 is 1.06 bits per heavy atom. The van der Waals surface area contributed by atoms with Gasteiger partial charge in [-0.1, -0.05) is 30.3 Å². The third kappa shape index (κ3) is 4.45. The van der Waals surface area contributed by atoms with Crippen molar-refractivity contribution in [2.24, 2.45) is 5.92 Å². The molecule has 2 fully saturated rings. The van der Waals surface area contributed by atoms with E-state index in [4.69, 9.17) is 4.74 Å². The van der Waals surface area contributed by atoms with E-state index < -0.39 is 11.7 Å². The molecule has 2 unspecified atom stereocenters. The lowest BCUT2D eigenvalue weighted by Crippen LogP contribution is -2.36. The Hall–Kier alpha value is -2.45.